The van der Waals surface area contributed by atoms with E-state index < -0.39 is 32.5 Å². The molecule has 1 unspecified atom stereocenters. The molecule has 0 aromatic rings. The maximum absolute atomic E-state index is 12.2. The number of phosphoric acid groups is 1. The molecule has 0 rings (SSSR count). The van der Waals surface area contributed by atoms with Crippen LogP contribution in [0.1, 0.15) is 78.1 Å². The van der Waals surface area contributed by atoms with Gasteiger partial charge in [0.2, 0.25) is 0 Å². The Hall–Kier alpha value is -1.77. The van der Waals surface area contributed by atoms with Crippen LogP contribution in [0.4, 0.5) is 0 Å². The lowest BCUT2D eigenvalue weighted by molar-refractivity contribution is -0.160. The van der Waals surface area contributed by atoms with Gasteiger partial charge < -0.3 is 20.1 Å². The molecule has 0 radical (unpaired) electrons. The highest BCUT2D eigenvalue weighted by molar-refractivity contribution is 7.47. The van der Waals surface area contributed by atoms with E-state index in [4.69, 9.17) is 19.7 Å². The van der Waals surface area contributed by atoms with Gasteiger partial charge in [-0.15, -0.1) is 0 Å². The average Bonchev–Trinajstić information content (AvgIpc) is 2.83. The van der Waals surface area contributed by atoms with Crippen molar-refractivity contribution in [2.24, 2.45) is 5.73 Å². The summed E-state index contributed by atoms with van der Waals surface area (Å²) in [6.45, 7) is 3.33. The van der Waals surface area contributed by atoms with Crippen LogP contribution in [0.2, 0.25) is 0 Å². The first-order valence-corrected chi connectivity index (χ1v) is 14.0. The molecule has 0 spiro atoms. The number of hydrogen-bond acceptors (Lipinski definition) is 8. The second kappa shape index (κ2) is 22.7. The van der Waals surface area contributed by atoms with Gasteiger partial charge in [0, 0.05) is 6.54 Å². The maximum Gasteiger partial charge on any atom is 0.472 e. The van der Waals surface area contributed by atoms with E-state index in [1.54, 1.807) is 12.2 Å². The van der Waals surface area contributed by atoms with E-state index in [2.05, 4.69) is 24.4 Å². The Morgan fingerprint density at radius 2 is 1.54 bits per heavy atom. The van der Waals surface area contributed by atoms with E-state index in [1.165, 1.54) is 6.42 Å². The first-order chi connectivity index (χ1) is 16.8. The first kappa shape index (κ1) is 33.2. The van der Waals surface area contributed by atoms with E-state index in [0.717, 1.165) is 44.9 Å². The number of carbonyl (C=O) groups excluding carboxylic acids is 2. The summed E-state index contributed by atoms with van der Waals surface area (Å²) >= 11 is 0. The van der Waals surface area contributed by atoms with Crippen LogP contribution in [0.25, 0.3) is 0 Å². The fourth-order valence-corrected chi connectivity index (χ4v) is 3.46. The number of rotatable bonds is 22. The van der Waals surface area contributed by atoms with Crippen molar-refractivity contribution in [1.29, 1.82) is 0 Å². The summed E-state index contributed by atoms with van der Waals surface area (Å²) in [4.78, 5) is 33.9. The van der Waals surface area contributed by atoms with Gasteiger partial charge in [0.05, 0.1) is 26.1 Å². The Bertz CT molecular complexity index is 693. The van der Waals surface area contributed by atoms with Crippen LogP contribution in [0.3, 0.4) is 0 Å². The van der Waals surface area contributed by atoms with Crippen molar-refractivity contribution in [1.82, 2.24) is 0 Å². The van der Waals surface area contributed by atoms with Crippen molar-refractivity contribution < 1.29 is 37.6 Å². The van der Waals surface area contributed by atoms with Crippen LogP contribution in [0.15, 0.2) is 36.5 Å². The molecule has 35 heavy (non-hydrogen) atoms. The summed E-state index contributed by atoms with van der Waals surface area (Å²) < 4.78 is 31.9. The number of esters is 2. The number of ether oxygens (including phenoxy) is 2. The molecule has 0 fully saturated rings. The Morgan fingerprint density at radius 1 is 0.857 bits per heavy atom. The summed E-state index contributed by atoms with van der Waals surface area (Å²) in [6.07, 6.45) is 18.6. The number of nitrogens with two attached hydrogens (primary N) is 1. The number of carbonyl (C=O) groups is 2. The summed E-state index contributed by atoms with van der Waals surface area (Å²) in [5.74, 6) is -1.08. The van der Waals surface area contributed by atoms with E-state index in [-0.39, 0.29) is 32.6 Å². The van der Waals surface area contributed by atoms with Gasteiger partial charge in [0.15, 0.2) is 6.10 Å². The Morgan fingerprint density at radius 3 is 2.26 bits per heavy atom. The highest BCUT2D eigenvalue weighted by Crippen LogP contribution is 2.43. The zero-order chi connectivity index (χ0) is 26.2. The summed E-state index contributed by atoms with van der Waals surface area (Å²) in [5, 5.41) is 0. The van der Waals surface area contributed by atoms with E-state index >= 15 is 0 Å². The monoisotopic (exact) mass is 517 g/mol. The predicted octanol–water partition coefficient (Wildman–Crippen LogP) is 5.14. The largest absolute Gasteiger partial charge is 0.472 e. The minimum atomic E-state index is -4.37. The fraction of sp³-hybridized carbons (Fsp3) is 0.680. The molecule has 0 saturated carbocycles. The van der Waals surface area contributed by atoms with Gasteiger partial charge in [-0.1, -0.05) is 76.0 Å². The molecule has 2 atom stereocenters. The van der Waals surface area contributed by atoms with Crippen molar-refractivity contribution in [3.63, 3.8) is 0 Å². The fourth-order valence-electron chi connectivity index (χ4n) is 2.70. The van der Waals surface area contributed by atoms with Crippen molar-refractivity contribution in [2.45, 2.75) is 84.2 Å². The second-order valence-corrected chi connectivity index (χ2v) is 9.33. The van der Waals surface area contributed by atoms with Crippen LogP contribution in [-0.2, 0) is 32.7 Å². The van der Waals surface area contributed by atoms with Gasteiger partial charge in [0.25, 0.3) is 0 Å². The minimum Gasteiger partial charge on any atom is -0.461 e. The molecule has 0 aliphatic heterocycles. The van der Waals surface area contributed by atoms with Crippen LogP contribution >= 0.6 is 7.82 Å². The molecule has 0 amide bonds. The molecule has 0 aliphatic rings. The lowest BCUT2D eigenvalue weighted by atomic mass is 10.1. The van der Waals surface area contributed by atoms with Gasteiger partial charge in [-0.25, -0.2) is 4.57 Å². The summed E-state index contributed by atoms with van der Waals surface area (Å²) in [7, 11) is -4.37. The lowest BCUT2D eigenvalue weighted by Crippen LogP contribution is -2.29. The second-order valence-electron chi connectivity index (χ2n) is 7.88. The van der Waals surface area contributed by atoms with E-state index in [0.29, 0.717) is 0 Å². The SMILES string of the molecule is CCCC=CCC=CCC(=O)OC[C@H](COP(=O)(O)OCCN)OC(=O)CC=CCCCCCC. The van der Waals surface area contributed by atoms with Crippen molar-refractivity contribution in [3.8, 4) is 0 Å². The molecule has 202 valence electrons. The molecule has 0 aromatic heterocycles. The van der Waals surface area contributed by atoms with Crippen molar-refractivity contribution in [3.05, 3.63) is 36.5 Å². The smallest absolute Gasteiger partial charge is 0.461 e. The molecule has 0 bridgehead atoms. The molecule has 0 aromatic carbocycles. The lowest BCUT2D eigenvalue weighted by Gasteiger charge is -2.19. The zero-order valence-corrected chi connectivity index (χ0v) is 22.2. The molecule has 0 saturated heterocycles. The molecular formula is C25H44NO8P. The number of allylic oxidation sites excluding steroid dienone is 4. The third-order valence-corrected chi connectivity index (χ3v) is 5.53. The van der Waals surface area contributed by atoms with Crippen molar-refractivity contribution in [2.75, 3.05) is 26.4 Å². The molecule has 0 heterocycles. The first-order valence-electron chi connectivity index (χ1n) is 12.5. The topological polar surface area (TPSA) is 134 Å². The number of phosphoric ester groups is 1. The van der Waals surface area contributed by atoms with Gasteiger partial charge in [-0.3, -0.25) is 18.6 Å². The standard InChI is InChI=1S/C25H44NO8P/c1-3-5-7-9-11-13-15-17-24(27)31-21-23(22-33-35(29,30)32-20-19-26)34-25(28)18-16-14-12-10-8-6-4-2/h7,9,13-16,23H,3-6,8,10-12,17-22,26H2,1-2H3,(H,29,30)/t23-/m1/s1. The zero-order valence-electron chi connectivity index (χ0n) is 21.3. The van der Waals surface area contributed by atoms with E-state index in [9.17, 15) is 19.0 Å². The number of hydrogen-bond donors (Lipinski definition) is 2. The third-order valence-electron chi connectivity index (χ3n) is 4.55. The molecule has 3 N–H and O–H groups in total. The minimum absolute atomic E-state index is 0.0347. The average molecular weight is 518 g/mol. The Balaban J connectivity index is 4.64. The number of unbranched alkanes of at least 4 members (excludes halogenated alkanes) is 5. The maximum atomic E-state index is 12.2. The molecule has 10 heteroatoms. The van der Waals surface area contributed by atoms with Gasteiger partial charge in [-0.05, 0) is 25.7 Å². The quantitative estimate of drug-likeness (QED) is 0.0866. The van der Waals surface area contributed by atoms with Crippen molar-refractivity contribution >= 4 is 19.8 Å². The Labute approximate surface area is 210 Å². The van der Waals surface area contributed by atoms with Gasteiger partial charge in [0.1, 0.15) is 6.61 Å². The molecular weight excluding hydrogens is 473 g/mol. The normalized spacial score (nSPS) is 14.5. The van der Waals surface area contributed by atoms with Crippen LogP contribution in [-0.4, -0.2) is 49.3 Å². The van der Waals surface area contributed by atoms with Crippen LogP contribution in [0.5, 0.6) is 0 Å². The Kier molecular flexibility index (Phi) is 21.5. The molecule has 0 aliphatic carbocycles. The van der Waals surface area contributed by atoms with Gasteiger partial charge in [-0.2, -0.15) is 0 Å². The third kappa shape index (κ3) is 22.4. The molecule has 9 nitrogen and oxygen atoms in total. The van der Waals surface area contributed by atoms with Crippen LogP contribution < -0.4 is 5.73 Å². The summed E-state index contributed by atoms with van der Waals surface area (Å²) in [6, 6.07) is 0. The van der Waals surface area contributed by atoms with E-state index in [1.807, 2.05) is 18.2 Å². The summed E-state index contributed by atoms with van der Waals surface area (Å²) in [5.41, 5.74) is 5.26. The highest BCUT2D eigenvalue weighted by atomic mass is 31.2. The van der Waals surface area contributed by atoms with Crippen LogP contribution in [0, 0.1) is 0 Å². The predicted molar refractivity (Wildman–Crippen MR) is 137 cm³/mol. The highest BCUT2D eigenvalue weighted by Gasteiger charge is 2.25. The van der Waals surface area contributed by atoms with Gasteiger partial charge >= 0.3 is 19.8 Å².